The van der Waals surface area contributed by atoms with Gasteiger partial charge in [-0.1, -0.05) is 86.5 Å². The van der Waals surface area contributed by atoms with Gasteiger partial charge in [0.2, 0.25) is 0 Å². The van der Waals surface area contributed by atoms with Crippen LogP contribution in [0.1, 0.15) is 68.7 Å². The van der Waals surface area contributed by atoms with Gasteiger partial charge in [-0.15, -0.1) is 0 Å². The fourth-order valence-electron chi connectivity index (χ4n) is 3.10. The zero-order valence-electron chi connectivity index (χ0n) is 15.4. The number of aliphatic hydroxyl groups is 1. The van der Waals surface area contributed by atoms with Crippen LogP contribution in [0, 0.1) is 0 Å². The lowest BCUT2D eigenvalue weighted by Gasteiger charge is -2.25. The zero-order chi connectivity index (χ0) is 18.8. The van der Waals surface area contributed by atoms with Crippen LogP contribution in [0.3, 0.4) is 0 Å². The molecule has 2 aromatic rings. The smallest absolute Gasteiger partial charge is 0.0984 e. The van der Waals surface area contributed by atoms with E-state index in [1.807, 2.05) is 48.5 Å². The lowest BCUT2D eigenvalue weighted by Crippen LogP contribution is -2.28. The van der Waals surface area contributed by atoms with Crippen LogP contribution in [0.15, 0.2) is 48.5 Å². The Bertz CT molecular complexity index is 628. The number of halogens is 2. The Balaban J connectivity index is 1.99. The van der Waals surface area contributed by atoms with Crippen LogP contribution in [-0.2, 0) is 0 Å². The Morgan fingerprint density at radius 3 is 1.85 bits per heavy atom. The predicted molar refractivity (Wildman–Crippen MR) is 112 cm³/mol. The molecule has 0 bridgehead atoms. The van der Waals surface area contributed by atoms with Gasteiger partial charge in [0.15, 0.2) is 0 Å². The minimum absolute atomic E-state index is 0.177. The molecule has 142 valence electrons. The molecule has 2 nitrogen and oxygen atoms in total. The highest BCUT2D eigenvalue weighted by molar-refractivity contribution is 6.30. The number of hydrogen-bond donors (Lipinski definition) is 2. The zero-order valence-corrected chi connectivity index (χ0v) is 16.9. The van der Waals surface area contributed by atoms with Crippen molar-refractivity contribution in [3.8, 4) is 0 Å². The van der Waals surface area contributed by atoms with Gasteiger partial charge in [0.25, 0.3) is 0 Å². The van der Waals surface area contributed by atoms with Crippen molar-refractivity contribution in [2.45, 2.75) is 57.6 Å². The molecule has 4 heteroatoms. The second kappa shape index (κ2) is 11.6. The van der Waals surface area contributed by atoms with Crippen molar-refractivity contribution in [3.05, 3.63) is 69.7 Å². The molecule has 0 amide bonds. The van der Waals surface area contributed by atoms with E-state index in [0.29, 0.717) is 10.0 Å². The predicted octanol–water partition coefficient (Wildman–Crippen LogP) is 6.72. The summed E-state index contributed by atoms with van der Waals surface area (Å²) in [5.74, 6) is 0. The second-order valence-electron chi connectivity index (χ2n) is 6.75. The SMILES string of the molecule is CCCCCCCCN[C@@H](c1ccc(Cl)cc1)[C@@H](O)c1ccc(Cl)cc1. The third kappa shape index (κ3) is 6.92. The molecule has 2 aromatic carbocycles. The Kier molecular flexibility index (Phi) is 9.49. The van der Waals surface area contributed by atoms with E-state index in [-0.39, 0.29) is 6.04 Å². The lowest BCUT2D eigenvalue weighted by molar-refractivity contribution is 0.128. The van der Waals surface area contributed by atoms with Crippen LogP contribution in [-0.4, -0.2) is 11.7 Å². The molecule has 0 saturated carbocycles. The molecule has 0 spiro atoms. The third-order valence-corrected chi connectivity index (χ3v) is 5.15. The van der Waals surface area contributed by atoms with Crippen molar-refractivity contribution < 1.29 is 5.11 Å². The summed E-state index contributed by atoms with van der Waals surface area (Å²) in [4.78, 5) is 0. The van der Waals surface area contributed by atoms with E-state index in [2.05, 4.69) is 12.2 Å². The van der Waals surface area contributed by atoms with Crippen molar-refractivity contribution >= 4 is 23.2 Å². The number of aliphatic hydroxyl groups excluding tert-OH is 1. The van der Waals surface area contributed by atoms with Crippen molar-refractivity contribution in [2.75, 3.05) is 6.54 Å². The van der Waals surface area contributed by atoms with Crippen LogP contribution in [0.5, 0.6) is 0 Å². The number of hydrogen-bond acceptors (Lipinski definition) is 2. The number of nitrogens with one attached hydrogen (secondary N) is 1. The van der Waals surface area contributed by atoms with Crippen LogP contribution < -0.4 is 5.32 Å². The number of benzene rings is 2. The number of unbranched alkanes of at least 4 members (excludes halogenated alkanes) is 5. The second-order valence-corrected chi connectivity index (χ2v) is 7.62. The highest BCUT2D eigenvalue weighted by atomic mass is 35.5. The fourth-order valence-corrected chi connectivity index (χ4v) is 3.35. The molecule has 2 N–H and O–H groups in total. The average molecular weight is 394 g/mol. The highest BCUT2D eigenvalue weighted by Crippen LogP contribution is 2.30. The summed E-state index contributed by atoms with van der Waals surface area (Å²) in [5, 5.41) is 15.8. The topological polar surface area (TPSA) is 32.3 Å². The summed E-state index contributed by atoms with van der Waals surface area (Å²) < 4.78 is 0. The quantitative estimate of drug-likeness (QED) is 0.415. The van der Waals surface area contributed by atoms with E-state index in [1.165, 1.54) is 32.1 Å². The molecular weight excluding hydrogens is 365 g/mol. The molecule has 26 heavy (non-hydrogen) atoms. The van der Waals surface area contributed by atoms with Gasteiger partial charge in [-0.2, -0.15) is 0 Å². The maximum absolute atomic E-state index is 10.9. The standard InChI is InChI=1S/C22H29Cl2NO/c1-2-3-4-5-6-7-16-25-21(17-8-12-19(23)13-9-17)22(26)18-10-14-20(24)15-11-18/h8-15,21-22,25-26H,2-7,16H2,1H3/t21-,22-/m0/s1. The van der Waals surface area contributed by atoms with E-state index >= 15 is 0 Å². The van der Waals surface area contributed by atoms with Gasteiger partial charge in [-0.05, 0) is 48.4 Å². The van der Waals surface area contributed by atoms with E-state index < -0.39 is 6.10 Å². The molecule has 0 aliphatic carbocycles. The first-order chi connectivity index (χ1) is 12.6. The van der Waals surface area contributed by atoms with Gasteiger partial charge in [-0.25, -0.2) is 0 Å². The van der Waals surface area contributed by atoms with Crippen molar-refractivity contribution in [1.82, 2.24) is 5.32 Å². The average Bonchev–Trinajstić information content (AvgIpc) is 2.65. The summed E-state index contributed by atoms with van der Waals surface area (Å²) in [5.41, 5.74) is 1.88. The molecule has 0 radical (unpaired) electrons. The van der Waals surface area contributed by atoms with E-state index in [4.69, 9.17) is 23.2 Å². The van der Waals surface area contributed by atoms with Gasteiger partial charge in [0.05, 0.1) is 12.1 Å². The monoisotopic (exact) mass is 393 g/mol. The van der Waals surface area contributed by atoms with E-state index in [9.17, 15) is 5.11 Å². The van der Waals surface area contributed by atoms with Crippen LogP contribution in [0.2, 0.25) is 10.0 Å². The van der Waals surface area contributed by atoms with Crippen LogP contribution >= 0.6 is 23.2 Å². The summed E-state index contributed by atoms with van der Waals surface area (Å²) >= 11 is 12.0. The van der Waals surface area contributed by atoms with Gasteiger partial charge < -0.3 is 10.4 Å². The van der Waals surface area contributed by atoms with Crippen LogP contribution in [0.25, 0.3) is 0 Å². The minimum atomic E-state index is -0.645. The third-order valence-electron chi connectivity index (χ3n) is 4.65. The summed E-state index contributed by atoms with van der Waals surface area (Å²) in [6.07, 6.45) is 6.86. The molecule has 2 rings (SSSR count). The Labute approximate surface area is 167 Å². The molecule has 0 unspecified atom stereocenters. The first kappa shape index (κ1) is 21.2. The Morgan fingerprint density at radius 2 is 1.27 bits per heavy atom. The first-order valence-corrected chi connectivity index (χ1v) is 10.3. The molecule has 0 heterocycles. The maximum atomic E-state index is 10.9. The highest BCUT2D eigenvalue weighted by Gasteiger charge is 2.22. The maximum Gasteiger partial charge on any atom is 0.0984 e. The Morgan fingerprint density at radius 1 is 0.769 bits per heavy atom. The van der Waals surface area contributed by atoms with Gasteiger partial charge >= 0.3 is 0 Å². The fraction of sp³-hybridized carbons (Fsp3) is 0.455. The van der Waals surface area contributed by atoms with Gasteiger partial charge in [-0.3, -0.25) is 0 Å². The van der Waals surface area contributed by atoms with Crippen molar-refractivity contribution in [1.29, 1.82) is 0 Å². The minimum Gasteiger partial charge on any atom is -0.386 e. The van der Waals surface area contributed by atoms with E-state index in [0.717, 1.165) is 24.1 Å². The van der Waals surface area contributed by atoms with Crippen molar-refractivity contribution in [3.63, 3.8) is 0 Å². The summed E-state index contributed by atoms with van der Waals surface area (Å²) in [6, 6.07) is 14.9. The summed E-state index contributed by atoms with van der Waals surface area (Å²) in [7, 11) is 0. The molecular formula is C22H29Cl2NO. The van der Waals surface area contributed by atoms with Gasteiger partial charge in [0, 0.05) is 10.0 Å². The molecule has 0 saturated heterocycles. The molecule has 0 aliphatic rings. The first-order valence-electron chi connectivity index (χ1n) is 9.54. The van der Waals surface area contributed by atoms with E-state index in [1.54, 1.807) is 0 Å². The van der Waals surface area contributed by atoms with Crippen molar-refractivity contribution in [2.24, 2.45) is 0 Å². The van der Waals surface area contributed by atoms with Crippen LogP contribution in [0.4, 0.5) is 0 Å². The number of rotatable bonds is 11. The molecule has 0 aliphatic heterocycles. The largest absolute Gasteiger partial charge is 0.386 e. The normalized spacial score (nSPS) is 13.5. The molecule has 0 aromatic heterocycles. The van der Waals surface area contributed by atoms with Gasteiger partial charge in [0.1, 0.15) is 0 Å². The Hall–Kier alpha value is -1.06. The lowest BCUT2D eigenvalue weighted by atomic mass is 9.95. The molecule has 0 fully saturated rings. The molecule has 2 atom stereocenters. The summed E-state index contributed by atoms with van der Waals surface area (Å²) in [6.45, 7) is 3.11.